The molecule has 0 saturated carbocycles. The third-order valence-corrected chi connectivity index (χ3v) is 3.50. The largest absolute Gasteiger partial charge is 0.397 e. The Morgan fingerprint density at radius 1 is 0.833 bits per heavy atom. The van der Waals surface area contributed by atoms with E-state index in [-0.39, 0.29) is 22.8 Å². The molecule has 0 amide bonds. The molecule has 0 unspecified atom stereocenters. The van der Waals surface area contributed by atoms with Gasteiger partial charge in [0.1, 0.15) is 0 Å². The van der Waals surface area contributed by atoms with Gasteiger partial charge >= 0.3 is 0 Å². The maximum absolute atomic E-state index is 12.4. The van der Waals surface area contributed by atoms with Gasteiger partial charge in [0.2, 0.25) is 0 Å². The molecule has 2 aromatic carbocycles. The highest BCUT2D eigenvalue weighted by Crippen LogP contribution is 2.33. The first-order valence-corrected chi connectivity index (χ1v) is 5.86. The van der Waals surface area contributed by atoms with Crippen LogP contribution in [-0.4, -0.2) is 11.6 Å². The third-order valence-electron chi connectivity index (χ3n) is 3.11. The number of fused-ring (bicyclic) bond motifs is 2. The van der Waals surface area contributed by atoms with Crippen LogP contribution in [0.25, 0.3) is 0 Å². The third kappa shape index (κ3) is 1.32. The van der Waals surface area contributed by atoms with E-state index in [1.54, 1.807) is 36.4 Å². The molecule has 88 valence electrons. The lowest BCUT2D eigenvalue weighted by Crippen LogP contribution is -2.22. The molecule has 4 heteroatoms. The van der Waals surface area contributed by atoms with Crippen molar-refractivity contribution in [3.63, 3.8) is 0 Å². The first-order chi connectivity index (χ1) is 8.61. The maximum atomic E-state index is 12.4. The normalized spacial score (nSPS) is 13.2. The Kier molecular flexibility index (Phi) is 2.28. The number of carbonyl (C=O) groups is 2. The summed E-state index contributed by atoms with van der Waals surface area (Å²) in [7, 11) is 0. The van der Waals surface area contributed by atoms with Gasteiger partial charge in [-0.1, -0.05) is 24.3 Å². The van der Waals surface area contributed by atoms with Crippen LogP contribution in [0.4, 0.5) is 5.69 Å². The molecule has 0 heterocycles. The van der Waals surface area contributed by atoms with E-state index in [9.17, 15) is 9.59 Å². The molecular formula is C14H9NO2S. The summed E-state index contributed by atoms with van der Waals surface area (Å²) >= 11 is 4.18. The summed E-state index contributed by atoms with van der Waals surface area (Å²) in [6.07, 6.45) is 0. The lowest BCUT2D eigenvalue weighted by Gasteiger charge is -2.19. The second kappa shape index (κ2) is 3.71. The van der Waals surface area contributed by atoms with Crippen LogP contribution in [0.5, 0.6) is 0 Å². The Labute approximate surface area is 109 Å². The van der Waals surface area contributed by atoms with Crippen molar-refractivity contribution < 1.29 is 9.59 Å². The van der Waals surface area contributed by atoms with E-state index >= 15 is 0 Å². The number of ketones is 2. The average molecular weight is 255 g/mol. The van der Waals surface area contributed by atoms with Crippen LogP contribution in [0.1, 0.15) is 31.8 Å². The van der Waals surface area contributed by atoms with Gasteiger partial charge in [-0.15, -0.1) is 12.6 Å². The molecule has 0 bridgehead atoms. The minimum Gasteiger partial charge on any atom is -0.397 e. The number of rotatable bonds is 0. The SMILES string of the molecule is Nc1c(S)ccc2c1C(=O)c1ccccc1C2=O. The van der Waals surface area contributed by atoms with Crippen molar-refractivity contribution >= 4 is 29.9 Å². The molecular weight excluding hydrogens is 246 g/mol. The van der Waals surface area contributed by atoms with Gasteiger partial charge < -0.3 is 5.73 Å². The van der Waals surface area contributed by atoms with Gasteiger partial charge in [-0.05, 0) is 12.1 Å². The van der Waals surface area contributed by atoms with E-state index < -0.39 is 0 Å². The van der Waals surface area contributed by atoms with Crippen LogP contribution in [0.2, 0.25) is 0 Å². The van der Waals surface area contributed by atoms with E-state index in [4.69, 9.17) is 5.73 Å². The van der Waals surface area contributed by atoms with Gasteiger partial charge in [-0.3, -0.25) is 9.59 Å². The number of benzene rings is 2. The Balaban J connectivity index is 2.38. The number of nitrogens with two attached hydrogens (primary N) is 1. The summed E-state index contributed by atoms with van der Waals surface area (Å²) in [4.78, 5) is 25.2. The fraction of sp³-hybridized carbons (Fsp3) is 0. The molecule has 0 atom stereocenters. The number of thiol groups is 1. The second-order valence-corrected chi connectivity index (χ2v) is 4.61. The van der Waals surface area contributed by atoms with Crippen molar-refractivity contribution in [2.45, 2.75) is 4.90 Å². The van der Waals surface area contributed by atoms with Crippen molar-refractivity contribution in [1.29, 1.82) is 0 Å². The topological polar surface area (TPSA) is 60.2 Å². The smallest absolute Gasteiger partial charge is 0.196 e. The molecule has 1 aliphatic rings. The zero-order chi connectivity index (χ0) is 12.9. The first-order valence-electron chi connectivity index (χ1n) is 5.41. The number of hydrogen-bond donors (Lipinski definition) is 2. The Bertz CT molecular complexity index is 707. The zero-order valence-corrected chi connectivity index (χ0v) is 10.2. The number of carbonyl (C=O) groups excluding carboxylic acids is 2. The molecule has 0 fully saturated rings. The van der Waals surface area contributed by atoms with E-state index in [0.717, 1.165) is 0 Å². The second-order valence-electron chi connectivity index (χ2n) is 4.12. The molecule has 1 aliphatic carbocycles. The fourth-order valence-corrected chi connectivity index (χ4v) is 2.39. The molecule has 2 aromatic rings. The summed E-state index contributed by atoms with van der Waals surface area (Å²) in [6.45, 7) is 0. The van der Waals surface area contributed by atoms with Gasteiger partial charge in [0, 0.05) is 21.6 Å². The van der Waals surface area contributed by atoms with Crippen molar-refractivity contribution in [3.05, 3.63) is 58.7 Å². The molecule has 3 rings (SSSR count). The van der Waals surface area contributed by atoms with Gasteiger partial charge in [-0.25, -0.2) is 0 Å². The van der Waals surface area contributed by atoms with Gasteiger partial charge in [0.15, 0.2) is 11.6 Å². The maximum Gasteiger partial charge on any atom is 0.196 e. The summed E-state index contributed by atoms with van der Waals surface area (Å²) in [5.74, 6) is -0.381. The molecule has 0 aliphatic heterocycles. The monoisotopic (exact) mass is 255 g/mol. The summed E-state index contributed by atoms with van der Waals surface area (Å²) in [6, 6.07) is 10.0. The van der Waals surface area contributed by atoms with Crippen LogP contribution in [0.3, 0.4) is 0 Å². The van der Waals surface area contributed by atoms with Crippen LogP contribution < -0.4 is 5.73 Å². The highest BCUT2D eigenvalue weighted by atomic mass is 32.1. The van der Waals surface area contributed by atoms with Crippen molar-refractivity contribution in [3.8, 4) is 0 Å². The molecule has 3 nitrogen and oxygen atoms in total. The van der Waals surface area contributed by atoms with Gasteiger partial charge in [-0.2, -0.15) is 0 Å². The average Bonchev–Trinajstić information content (AvgIpc) is 2.39. The predicted octanol–water partition coefficient (Wildman–Crippen LogP) is 2.33. The number of hydrogen-bond acceptors (Lipinski definition) is 4. The Morgan fingerprint density at radius 3 is 2.11 bits per heavy atom. The van der Waals surface area contributed by atoms with Crippen LogP contribution >= 0.6 is 12.6 Å². The van der Waals surface area contributed by atoms with Crippen LogP contribution in [-0.2, 0) is 0 Å². The fourth-order valence-electron chi connectivity index (χ4n) is 2.20. The predicted molar refractivity (Wildman–Crippen MR) is 71.4 cm³/mol. The summed E-state index contributed by atoms with van der Waals surface area (Å²) in [5.41, 5.74) is 7.59. The first kappa shape index (κ1) is 11.0. The molecule has 0 spiro atoms. The minimum atomic E-state index is -0.214. The summed E-state index contributed by atoms with van der Waals surface area (Å²) < 4.78 is 0. The van der Waals surface area contributed by atoms with Gasteiger partial charge in [0.05, 0.1) is 11.3 Å². The highest BCUT2D eigenvalue weighted by molar-refractivity contribution is 7.80. The zero-order valence-electron chi connectivity index (χ0n) is 9.31. The van der Waals surface area contributed by atoms with Crippen LogP contribution in [0, 0.1) is 0 Å². The lowest BCUT2D eigenvalue weighted by atomic mass is 9.83. The molecule has 0 radical (unpaired) electrons. The Hall–Kier alpha value is -2.07. The Morgan fingerprint density at radius 2 is 1.44 bits per heavy atom. The van der Waals surface area contributed by atoms with E-state index in [0.29, 0.717) is 21.6 Å². The highest BCUT2D eigenvalue weighted by Gasteiger charge is 2.31. The number of anilines is 1. The van der Waals surface area contributed by atoms with Crippen molar-refractivity contribution in [2.24, 2.45) is 0 Å². The van der Waals surface area contributed by atoms with Crippen molar-refractivity contribution in [1.82, 2.24) is 0 Å². The molecule has 0 saturated heterocycles. The van der Waals surface area contributed by atoms with Gasteiger partial charge in [0.25, 0.3) is 0 Å². The molecule has 0 aromatic heterocycles. The van der Waals surface area contributed by atoms with E-state index in [1.165, 1.54) is 0 Å². The van der Waals surface area contributed by atoms with Crippen molar-refractivity contribution in [2.75, 3.05) is 5.73 Å². The van der Waals surface area contributed by atoms with Crippen LogP contribution in [0.15, 0.2) is 41.3 Å². The standard InChI is InChI=1S/C14H9NO2S/c15-12-10(18)6-5-9-11(12)14(17)8-4-2-1-3-7(8)13(9)16/h1-6,18H,15H2. The van der Waals surface area contributed by atoms with E-state index in [1.807, 2.05) is 0 Å². The molecule has 18 heavy (non-hydrogen) atoms. The minimum absolute atomic E-state index is 0.166. The quantitative estimate of drug-likeness (QED) is 0.479. The lowest BCUT2D eigenvalue weighted by molar-refractivity contribution is 0.0979. The summed E-state index contributed by atoms with van der Waals surface area (Å²) in [5, 5.41) is 0. The molecule has 2 N–H and O–H groups in total. The number of nitrogen functional groups attached to an aromatic ring is 1. The van der Waals surface area contributed by atoms with E-state index in [2.05, 4.69) is 12.6 Å².